The summed E-state index contributed by atoms with van der Waals surface area (Å²) < 4.78 is 23.8. The van der Waals surface area contributed by atoms with Crippen LogP contribution in [0.3, 0.4) is 0 Å². The molecule has 310 valence electrons. The van der Waals surface area contributed by atoms with Gasteiger partial charge in [0.05, 0.1) is 41.3 Å². The maximum Gasteiger partial charge on any atom is 0.338 e. The lowest BCUT2D eigenvalue weighted by atomic mass is 9.44. The second-order valence-corrected chi connectivity index (χ2v) is 16.2. The first kappa shape index (κ1) is 41.6. The SMILES string of the molecule is CC(=O)O[C@H]1C(=O)[C@@]2(C)[C@H]([C@H](OC(=O)c3ccccc3)[C@]3(O)C[C@H](OC(=O)[C@H](O)[C@@H](NC(=O)c4ccccc4)c4ccccc4)C(C)=C1[C@@H]3C)[C@]1(C=O)CO[C@@H]1C[C@@H]2O. The third-order valence-electron chi connectivity index (χ3n) is 13.0. The van der Waals surface area contributed by atoms with E-state index in [1.165, 1.54) is 26.0 Å². The number of esters is 3. The van der Waals surface area contributed by atoms with Crippen LogP contribution in [0, 0.1) is 22.7 Å². The van der Waals surface area contributed by atoms with Crippen LogP contribution in [0.5, 0.6) is 0 Å². The fourth-order valence-electron chi connectivity index (χ4n) is 9.72. The highest BCUT2D eigenvalue weighted by Gasteiger charge is 2.75. The van der Waals surface area contributed by atoms with Crippen LogP contribution in [0.4, 0.5) is 0 Å². The van der Waals surface area contributed by atoms with Crippen LogP contribution < -0.4 is 5.32 Å². The number of hydrogen-bond donors (Lipinski definition) is 4. The van der Waals surface area contributed by atoms with E-state index in [-0.39, 0.29) is 35.3 Å². The number of aldehydes is 1. The number of ether oxygens (including phenoxy) is 4. The number of aliphatic hydroxyl groups is 3. The van der Waals surface area contributed by atoms with Gasteiger partial charge in [0.2, 0.25) is 0 Å². The molecule has 0 spiro atoms. The number of fused-ring (bicyclic) bond motifs is 5. The summed E-state index contributed by atoms with van der Waals surface area (Å²) in [6, 6.07) is 23.0. The van der Waals surface area contributed by atoms with Crippen molar-refractivity contribution in [3.8, 4) is 0 Å². The van der Waals surface area contributed by atoms with Crippen LogP contribution in [0.2, 0.25) is 0 Å². The molecule has 2 bridgehead atoms. The standard InChI is InChI=1S/C45H47NO13/c1-24-30(58-42(54)35(50)34(27-14-8-5-9-15-27)46-40(52)28-16-10-6-11-17-28)21-45(55)25(2)33(24)36(57-26(3)48)38(51)43(4)31(49)20-32-44(22-47,23-56-32)37(43)39(45)59-41(53)29-18-12-7-13-19-29/h5-19,22,25,30-32,34-37,39,49-50,55H,20-21,23H2,1-4H3,(H,46,52)/t25-,30-,31-,32+,34-,35+,36+,37-,39-,43+,44+,45-/m0/s1. The third-order valence-corrected chi connectivity index (χ3v) is 13.0. The molecule has 3 aromatic carbocycles. The van der Waals surface area contributed by atoms with E-state index in [0.717, 1.165) is 6.92 Å². The summed E-state index contributed by atoms with van der Waals surface area (Å²) in [6.45, 7) is 5.35. The predicted molar refractivity (Wildman–Crippen MR) is 207 cm³/mol. The van der Waals surface area contributed by atoms with Crippen LogP contribution >= 0.6 is 0 Å². The van der Waals surface area contributed by atoms with E-state index in [1.54, 1.807) is 85.8 Å². The van der Waals surface area contributed by atoms with Gasteiger partial charge in [0, 0.05) is 37.2 Å². The second kappa shape index (κ2) is 15.9. The Bertz CT molecular complexity index is 2160. The molecule has 3 aromatic rings. The molecule has 14 nitrogen and oxygen atoms in total. The average Bonchev–Trinajstić information content (AvgIpc) is 3.23. The highest BCUT2D eigenvalue weighted by molar-refractivity contribution is 5.96. The highest BCUT2D eigenvalue weighted by Crippen LogP contribution is 2.63. The average molecular weight is 810 g/mol. The molecule has 2 saturated carbocycles. The van der Waals surface area contributed by atoms with E-state index < -0.39 is 107 Å². The minimum atomic E-state index is -2.28. The van der Waals surface area contributed by atoms with E-state index in [0.29, 0.717) is 11.8 Å². The van der Waals surface area contributed by atoms with Crippen molar-refractivity contribution in [1.29, 1.82) is 0 Å². The number of carbonyl (C=O) groups is 6. The summed E-state index contributed by atoms with van der Waals surface area (Å²) in [6.07, 6.45) is -9.43. The number of hydrogen-bond acceptors (Lipinski definition) is 13. The van der Waals surface area contributed by atoms with E-state index >= 15 is 4.79 Å². The van der Waals surface area contributed by atoms with E-state index in [9.17, 15) is 39.3 Å². The zero-order chi connectivity index (χ0) is 42.4. The molecule has 3 aliphatic carbocycles. The van der Waals surface area contributed by atoms with E-state index in [1.807, 2.05) is 0 Å². The van der Waals surface area contributed by atoms with Crippen LogP contribution in [-0.4, -0.2) is 100 Å². The molecule has 4 N–H and O–H groups in total. The van der Waals surface area contributed by atoms with E-state index in [2.05, 4.69) is 5.32 Å². The van der Waals surface area contributed by atoms with Gasteiger partial charge in [0.25, 0.3) is 5.91 Å². The van der Waals surface area contributed by atoms with Crippen molar-refractivity contribution in [2.75, 3.05) is 6.61 Å². The van der Waals surface area contributed by atoms with Gasteiger partial charge in [0.15, 0.2) is 18.0 Å². The molecule has 3 fully saturated rings. The van der Waals surface area contributed by atoms with Crippen molar-refractivity contribution < 1.29 is 63.0 Å². The van der Waals surface area contributed by atoms with Gasteiger partial charge in [-0.15, -0.1) is 0 Å². The van der Waals surface area contributed by atoms with Gasteiger partial charge in [-0.05, 0) is 54.8 Å². The molecule has 1 heterocycles. The fourth-order valence-corrected chi connectivity index (χ4v) is 9.72. The summed E-state index contributed by atoms with van der Waals surface area (Å²) in [5, 5.41) is 39.6. The molecule has 0 unspecified atom stereocenters. The molecule has 7 rings (SSSR count). The van der Waals surface area contributed by atoms with Crippen LogP contribution in [-0.2, 0) is 38.1 Å². The molecule has 1 amide bonds. The Morgan fingerprint density at radius 1 is 0.915 bits per heavy atom. The smallest absolute Gasteiger partial charge is 0.338 e. The number of rotatable bonds is 10. The molecular weight excluding hydrogens is 762 g/mol. The Labute approximate surface area is 340 Å². The molecule has 4 aliphatic rings. The Kier molecular flexibility index (Phi) is 11.2. The maximum absolute atomic E-state index is 15.2. The van der Waals surface area contributed by atoms with Crippen molar-refractivity contribution >= 4 is 35.9 Å². The molecular formula is C45H47NO13. The maximum atomic E-state index is 15.2. The molecule has 12 atom stereocenters. The molecule has 1 aliphatic heterocycles. The number of amides is 1. The van der Waals surface area contributed by atoms with Crippen molar-refractivity contribution in [2.24, 2.45) is 22.7 Å². The summed E-state index contributed by atoms with van der Waals surface area (Å²) in [5.74, 6) is -7.00. The molecule has 0 radical (unpaired) electrons. The third kappa shape index (κ3) is 6.97. The fraction of sp³-hybridized carbons (Fsp3) is 0.422. The van der Waals surface area contributed by atoms with Crippen molar-refractivity contribution in [2.45, 2.75) is 88.8 Å². The molecule has 14 heteroatoms. The number of benzene rings is 3. The predicted octanol–water partition coefficient (Wildman–Crippen LogP) is 3.23. The molecule has 1 saturated heterocycles. The first-order chi connectivity index (χ1) is 28.1. The number of aliphatic hydroxyl groups excluding tert-OH is 2. The van der Waals surface area contributed by atoms with Gasteiger partial charge in [-0.3, -0.25) is 14.4 Å². The van der Waals surface area contributed by atoms with Gasteiger partial charge in [0.1, 0.15) is 24.1 Å². The summed E-state index contributed by atoms with van der Waals surface area (Å²) in [5.41, 5.74) is -4.86. The lowest BCUT2D eigenvalue weighted by Gasteiger charge is -2.65. The minimum Gasteiger partial charge on any atom is -0.456 e. The summed E-state index contributed by atoms with van der Waals surface area (Å²) in [4.78, 5) is 82.9. The lowest BCUT2D eigenvalue weighted by molar-refractivity contribution is -0.298. The zero-order valence-electron chi connectivity index (χ0n) is 33.0. The number of nitrogens with one attached hydrogen (secondary N) is 1. The van der Waals surface area contributed by atoms with E-state index in [4.69, 9.17) is 18.9 Å². The normalized spacial score (nSPS) is 33.3. The van der Waals surface area contributed by atoms with Crippen molar-refractivity contribution in [3.05, 3.63) is 119 Å². The summed E-state index contributed by atoms with van der Waals surface area (Å²) in [7, 11) is 0. The van der Waals surface area contributed by atoms with Gasteiger partial charge in [-0.25, -0.2) is 9.59 Å². The zero-order valence-corrected chi connectivity index (χ0v) is 33.0. The van der Waals surface area contributed by atoms with Crippen molar-refractivity contribution in [3.63, 3.8) is 0 Å². The first-order valence-electron chi connectivity index (χ1n) is 19.5. The largest absolute Gasteiger partial charge is 0.456 e. The van der Waals surface area contributed by atoms with Gasteiger partial charge < -0.3 is 44.4 Å². The van der Waals surface area contributed by atoms with Crippen molar-refractivity contribution in [1.82, 2.24) is 5.32 Å². The lowest BCUT2D eigenvalue weighted by Crippen LogP contribution is -2.77. The highest BCUT2D eigenvalue weighted by atomic mass is 16.6. The van der Waals surface area contributed by atoms with Crippen LogP contribution in [0.1, 0.15) is 72.9 Å². The Hall–Kier alpha value is -5.54. The first-order valence-corrected chi connectivity index (χ1v) is 19.5. The molecule has 59 heavy (non-hydrogen) atoms. The Balaban J connectivity index is 1.35. The van der Waals surface area contributed by atoms with Gasteiger partial charge in [-0.1, -0.05) is 73.7 Å². The topological polar surface area (TPSA) is 212 Å². The number of ketones is 1. The van der Waals surface area contributed by atoms with Gasteiger partial charge in [-0.2, -0.15) is 0 Å². The second-order valence-electron chi connectivity index (χ2n) is 16.2. The minimum absolute atomic E-state index is 0.0306. The summed E-state index contributed by atoms with van der Waals surface area (Å²) >= 11 is 0. The number of carbonyl (C=O) groups excluding carboxylic acids is 6. The van der Waals surface area contributed by atoms with Gasteiger partial charge >= 0.3 is 17.9 Å². The monoisotopic (exact) mass is 809 g/mol. The van der Waals surface area contributed by atoms with Crippen LogP contribution in [0.15, 0.2) is 102 Å². The Morgan fingerprint density at radius 3 is 2.07 bits per heavy atom. The number of Topliss-reactive ketones (excluding diaryl/α,β-unsaturated/α-hetero) is 1. The molecule has 0 aromatic heterocycles. The quantitative estimate of drug-likeness (QED) is 0.100. The van der Waals surface area contributed by atoms with Crippen LogP contribution in [0.25, 0.3) is 0 Å². The Morgan fingerprint density at radius 2 is 1.51 bits per heavy atom.